The zero-order chi connectivity index (χ0) is 19.4. The molecule has 0 radical (unpaired) electrons. The van der Waals surface area contributed by atoms with E-state index >= 15 is 0 Å². The number of aryl methyl sites for hydroxylation is 1. The molecular weight excluding hydrogens is 360 g/mol. The van der Waals surface area contributed by atoms with E-state index in [0.29, 0.717) is 30.3 Å². The molecule has 4 aromatic rings. The number of imidazole rings is 1. The molecule has 0 amide bonds. The van der Waals surface area contributed by atoms with Gasteiger partial charge in [0.1, 0.15) is 12.4 Å². The summed E-state index contributed by atoms with van der Waals surface area (Å²) in [6, 6.07) is 14.3. The maximum atomic E-state index is 12.5. The van der Waals surface area contributed by atoms with Gasteiger partial charge in [-0.2, -0.15) is 4.98 Å². The second-order valence-electron chi connectivity index (χ2n) is 6.94. The molecule has 0 saturated carbocycles. The molecule has 0 spiro atoms. The van der Waals surface area contributed by atoms with Crippen molar-refractivity contribution in [2.75, 3.05) is 6.61 Å². The van der Waals surface area contributed by atoms with Gasteiger partial charge in [0.25, 0.3) is 11.6 Å². The van der Waals surface area contributed by atoms with E-state index in [2.05, 4.69) is 11.1 Å². The molecule has 1 atom stereocenters. The largest absolute Gasteiger partial charge is 0.490 e. The van der Waals surface area contributed by atoms with Gasteiger partial charge in [-0.05, 0) is 22.9 Å². The van der Waals surface area contributed by atoms with Crippen LogP contribution in [0.15, 0.2) is 52.1 Å². The van der Waals surface area contributed by atoms with E-state index in [4.69, 9.17) is 9.47 Å². The number of ether oxygens (including phenoxy) is 2. The highest BCUT2D eigenvalue weighted by Gasteiger charge is 2.30. The van der Waals surface area contributed by atoms with Crippen LogP contribution in [-0.2, 0) is 20.6 Å². The van der Waals surface area contributed by atoms with Crippen LogP contribution in [-0.4, -0.2) is 31.4 Å². The third-order valence-corrected chi connectivity index (χ3v) is 5.13. The van der Waals surface area contributed by atoms with Gasteiger partial charge in [-0.3, -0.25) is 18.5 Å². The molecule has 2 aromatic heterocycles. The first-order valence-electron chi connectivity index (χ1n) is 8.97. The Morgan fingerprint density at radius 3 is 2.71 bits per heavy atom. The molecule has 1 aliphatic heterocycles. The van der Waals surface area contributed by atoms with E-state index in [0.717, 1.165) is 21.1 Å². The van der Waals surface area contributed by atoms with Crippen LogP contribution in [0.2, 0.25) is 0 Å². The monoisotopic (exact) mass is 378 g/mol. The third kappa shape index (κ3) is 2.41. The number of hydrogen-bond acceptors (Lipinski definition) is 5. The Labute approximate surface area is 159 Å². The Bertz CT molecular complexity index is 1350. The van der Waals surface area contributed by atoms with E-state index in [1.54, 1.807) is 11.6 Å². The van der Waals surface area contributed by atoms with Crippen LogP contribution in [0.3, 0.4) is 0 Å². The molecule has 1 aliphatic rings. The number of benzene rings is 2. The highest BCUT2D eigenvalue weighted by atomic mass is 16.6. The molecule has 0 fully saturated rings. The van der Waals surface area contributed by atoms with Crippen LogP contribution in [0.4, 0.5) is 0 Å². The fourth-order valence-corrected chi connectivity index (χ4v) is 3.61. The lowest BCUT2D eigenvalue weighted by Gasteiger charge is -2.12. The molecule has 0 bridgehead atoms. The van der Waals surface area contributed by atoms with E-state index < -0.39 is 5.69 Å². The number of rotatable bonds is 3. The van der Waals surface area contributed by atoms with Gasteiger partial charge in [-0.15, -0.1) is 0 Å². The fraction of sp³-hybridized carbons (Fsp3) is 0.250. The Hall–Kier alpha value is -3.55. The molecule has 0 N–H and O–H groups in total. The molecule has 142 valence electrons. The van der Waals surface area contributed by atoms with Crippen molar-refractivity contribution in [3.8, 4) is 11.8 Å². The minimum absolute atomic E-state index is 0.264. The molecule has 8 heteroatoms. The van der Waals surface area contributed by atoms with Gasteiger partial charge in [0, 0.05) is 14.1 Å². The molecule has 0 aliphatic carbocycles. The summed E-state index contributed by atoms with van der Waals surface area (Å²) in [5.41, 5.74) is -0.0909. The Balaban J connectivity index is 1.39. The second-order valence-corrected chi connectivity index (χ2v) is 6.94. The Morgan fingerprint density at radius 2 is 1.89 bits per heavy atom. The van der Waals surface area contributed by atoms with Gasteiger partial charge in [-0.1, -0.05) is 30.3 Å². The third-order valence-electron chi connectivity index (χ3n) is 5.13. The number of aromatic nitrogens is 4. The zero-order valence-corrected chi connectivity index (χ0v) is 15.5. The summed E-state index contributed by atoms with van der Waals surface area (Å²) in [4.78, 5) is 28.9. The maximum absolute atomic E-state index is 12.5. The molecule has 0 saturated heterocycles. The number of fused-ring (bicyclic) bond motifs is 4. The minimum Gasteiger partial charge on any atom is -0.490 e. The molecule has 2 aromatic carbocycles. The standard InChI is InChI=1S/C20H18N4O4/c1-22-17-16(18(25)23(2)20(22)26)24-10-15(28-19(24)21-17)11-27-14-8-7-12-5-3-4-6-13(12)9-14/h3-9,15H,10-11H2,1-2H3. The van der Waals surface area contributed by atoms with Crippen molar-refractivity contribution in [1.29, 1.82) is 0 Å². The van der Waals surface area contributed by atoms with Crippen LogP contribution in [0.25, 0.3) is 21.9 Å². The molecule has 8 nitrogen and oxygen atoms in total. The molecule has 28 heavy (non-hydrogen) atoms. The summed E-state index contributed by atoms with van der Waals surface area (Å²) in [5, 5.41) is 2.26. The van der Waals surface area contributed by atoms with Crippen molar-refractivity contribution in [1.82, 2.24) is 18.7 Å². The summed E-state index contributed by atoms with van der Waals surface area (Å²) in [6.45, 7) is 0.766. The van der Waals surface area contributed by atoms with Crippen LogP contribution in [0, 0.1) is 0 Å². The molecular formula is C20H18N4O4. The summed E-state index contributed by atoms with van der Waals surface area (Å²) in [5.74, 6) is 0.759. The first-order chi connectivity index (χ1) is 13.5. The lowest BCUT2D eigenvalue weighted by molar-refractivity contribution is 0.144. The van der Waals surface area contributed by atoms with Gasteiger partial charge in [0.2, 0.25) is 0 Å². The highest BCUT2D eigenvalue weighted by Crippen LogP contribution is 2.26. The quantitative estimate of drug-likeness (QED) is 0.539. The average Bonchev–Trinajstić information content (AvgIpc) is 3.26. The van der Waals surface area contributed by atoms with Crippen LogP contribution in [0.5, 0.6) is 11.8 Å². The topological polar surface area (TPSA) is 80.3 Å². The molecule has 3 heterocycles. The zero-order valence-electron chi connectivity index (χ0n) is 15.5. The summed E-state index contributed by atoms with van der Waals surface area (Å²) in [7, 11) is 3.05. The predicted molar refractivity (Wildman–Crippen MR) is 104 cm³/mol. The maximum Gasteiger partial charge on any atom is 0.332 e. The SMILES string of the molecule is Cn1c(=O)c2c(nc3n2CC(COc2ccc4ccccc4c2)O3)n(C)c1=O. The van der Waals surface area contributed by atoms with Crippen molar-refractivity contribution in [3.05, 3.63) is 63.3 Å². The number of hydrogen-bond donors (Lipinski definition) is 0. The van der Waals surface area contributed by atoms with Crippen LogP contribution in [0.1, 0.15) is 0 Å². The van der Waals surface area contributed by atoms with Crippen LogP contribution >= 0.6 is 0 Å². The van der Waals surface area contributed by atoms with Crippen LogP contribution < -0.4 is 20.7 Å². The van der Waals surface area contributed by atoms with Crippen molar-refractivity contribution in [2.24, 2.45) is 14.1 Å². The van der Waals surface area contributed by atoms with Crippen molar-refractivity contribution in [2.45, 2.75) is 12.6 Å². The van der Waals surface area contributed by atoms with E-state index in [1.165, 1.54) is 11.6 Å². The van der Waals surface area contributed by atoms with Crippen molar-refractivity contribution < 1.29 is 9.47 Å². The molecule has 1 unspecified atom stereocenters. The summed E-state index contributed by atoms with van der Waals surface area (Å²) in [6.07, 6.45) is -0.264. The minimum atomic E-state index is -0.412. The van der Waals surface area contributed by atoms with E-state index in [9.17, 15) is 9.59 Å². The lowest BCUT2D eigenvalue weighted by Crippen LogP contribution is -2.37. The first-order valence-corrected chi connectivity index (χ1v) is 8.97. The van der Waals surface area contributed by atoms with Gasteiger partial charge in [-0.25, -0.2) is 4.79 Å². The van der Waals surface area contributed by atoms with E-state index in [1.807, 2.05) is 36.4 Å². The van der Waals surface area contributed by atoms with Gasteiger partial charge < -0.3 is 9.47 Å². The second kappa shape index (κ2) is 5.98. The average molecular weight is 378 g/mol. The smallest absolute Gasteiger partial charge is 0.332 e. The number of nitrogens with zero attached hydrogens (tertiary/aromatic N) is 4. The lowest BCUT2D eigenvalue weighted by atomic mass is 10.1. The first kappa shape index (κ1) is 16.6. The highest BCUT2D eigenvalue weighted by molar-refractivity contribution is 5.83. The van der Waals surface area contributed by atoms with Crippen molar-refractivity contribution in [3.63, 3.8) is 0 Å². The Morgan fingerprint density at radius 1 is 1.11 bits per heavy atom. The predicted octanol–water partition coefficient (Wildman–Crippen LogP) is 1.43. The normalized spacial score (nSPS) is 15.7. The van der Waals surface area contributed by atoms with Gasteiger partial charge in [0.05, 0.1) is 6.54 Å². The van der Waals surface area contributed by atoms with Gasteiger partial charge >= 0.3 is 5.69 Å². The fourth-order valence-electron chi connectivity index (χ4n) is 3.61. The van der Waals surface area contributed by atoms with E-state index in [-0.39, 0.29) is 11.7 Å². The van der Waals surface area contributed by atoms with Gasteiger partial charge in [0.15, 0.2) is 17.3 Å². The summed E-state index contributed by atoms with van der Waals surface area (Å²) < 4.78 is 15.9. The Kier molecular flexibility index (Phi) is 3.55. The molecule has 5 rings (SSSR count). The van der Waals surface area contributed by atoms with Crippen molar-refractivity contribution >= 4 is 21.9 Å². The summed E-state index contributed by atoms with van der Waals surface area (Å²) >= 11 is 0.